The van der Waals surface area contributed by atoms with Crippen molar-refractivity contribution in [2.45, 2.75) is 30.8 Å². The molecule has 2 saturated heterocycles. The molecule has 0 saturated carbocycles. The van der Waals surface area contributed by atoms with Crippen LogP contribution in [0.25, 0.3) is 0 Å². The van der Waals surface area contributed by atoms with Gasteiger partial charge in [-0.15, -0.1) is 0 Å². The van der Waals surface area contributed by atoms with Crippen molar-refractivity contribution in [3.63, 3.8) is 0 Å². The summed E-state index contributed by atoms with van der Waals surface area (Å²) >= 11 is 0. The quantitative estimate of drug-likeness (QED) is 0.889. The van der Waals surface area contributed by atoms with Crippen molar-refractivity contribution in [1.82, 2.24) is 19.4 Å². The fraction of sp³-hybridized carbons (Fsp3) is 0.733. The zero-order chi connectivity index (χ0) is 16.7. The molecular weight excluding hydrogens is 306 g/mol. The van der Waals surface area contributed by atoms with Gasteiger partial charge in [0.15, 0.2) is 5.82 Å². The Balaban J connectivity index is 1.58. The number of β-amino-alcohol motifs (C(OH)–C–C–N with tert-alkyl or cyclic N) is 1. The van der Waals surface area contributed by atoms with Crippen LogP contribution in [0.2, 0.25) is 0 Å². The molecule has 1 aromatic rings. The number of amides is 1. The van der Waals surface area contributed by atoms with Crippen LogP contribution in [0.15, 0.2) is 12.4 Å². The molecule has 3 rings (SSSR count). The molecule has 0 aliphatic carbocycles. The Morgan fingerprint density at radius 2 is 2.00 bits per heavy atom. The maximum absolute atomic E-state index is 13.2. The smallest absolute Gasteiger partial charge is 0.289 e. The number of halogens is 2. The second-order valence-corrected chi connectivity index (χ2v) is 6.69. The first-order valence-electron chi connectivity index (χ1n) is 7.87. The highest BCUT2D eigenvalue weighted by atomic mass is 19.3. The molecule has 2 fully saturated rings. The summed E-state index contributed by atoms with van der Waals surface area (Å²) in [4.78, 5) is 19.9. The van der Waals surface area contributed by atoms with E-state index < -0.39 is 11.5 Å². The third kappa shape index (κ3) is 3.53. The van der Waals surface area contributed by atoms with E-state index >= 15 is 0 Å². The number of piperidine rings is 1. The number of hydrogen-bond donors (Lipinski definition) is 1. The number of nitrogens with zero attached hydrogens (tertiary/aromatic N) is 4. The number of likely N-dealkylation sites (tertiary alicyclic amines) is 2. The lowest BCUT2D eigenvalue weighted by molar-refractivity contribution is -0.0720. The summed E-state index contributed by atoms with van der Waals surface area (Å²) in [5.74, 6) is -2.46. The van der Waals surface area contributed by atoms with Crippen LogP contribution in [-0.4, -0.2) is 74.6 Å². The Morgan fingerprint density at radius 3 is 2.61 bits per heavy atom. The van der Waals surface area contributed by atoms with E-state index in [9.17, 15) is 18.7 Å². The molecule has 0 aromatic carbocycles. The highest BCUT2D eigenvalue weighted by molar-refractivity contribution is 5.91. The van der Waals surface area contributed by atoms with Gasteiger partial charge >= 0.3 is 0 Å². The Kier molecular flexibility index (Phi) is 4.14. The van der Waals surface area contributed by atoms with Gasteiger partial charge in [-0.2, -0.15) is 0 Å². The molecule has 128 valence electrons. The van der Waals surface area contributed by atoms with Crippen molar-refractivity contribution in [3.05, 3.63) is 18.2 Å². The van der Waals surface area contributed by atoms with Gasteiger partial charge in [0.05, 0.1) is 12.1 Å². The van der Waals surface area contributed by atoms with Crippen molar-refractivity contribution in [1.29, 1.82) is 0 Å². The number of aryl methyl sites for hydroxylation is 1. The van der Waals surface area contributed by atoms with Gasteiger partial charge in [-0.1, -0.05) is 0 Å². The van der Waals surface area contributed by atoms with Gasteiger partial charge in [-0.25, -0.2) is 13.8 Å². The SMILES string of the molecule is Cn1ccnc1C(=O)N1CCC(O)(CN2CCC(F)(F)CC2)C1. The van der Waals surface area contributed by atoms with E-state index in [2.05, 4.69) is 4.98 Å². The Morgan fingerprint density at radius 1 is 1.30 bits per heavy atom. The van der Waals surface area contributed by atoms with Gasteiger partial charge < -0.3 is 14.6 Å². The van der Waals surface area contributed by atoms with E-state index in [-0.39, 0.29) is 38.4 Å². The Labute approximate surface area is 133 Å². The zero-order valence-corrected chi connectivity index (χ0v) is 13.2. The number of aliphatic hydroxyl groups is 1. The molecule has 0 bridgehead atoms. The van der Waals surface area contributed by atoms with Crippen molar-refractivity contribution >= 4 is 5.91 Å². The molecule has 3 heterocycles. The molecule has 1 unspecified atom stereocenters. The molecule has 1 amide bonds. The van der Waals surface area contributed by atoms with Crippen molar-refractivity contribution in [2.75, 3.05) is 32.7 Å². The van der Waals surface area contributed by atoms with Crippen LogP contribution in [-0.2, 0) is 7.05 Å². The van der Waals surface area contributed by atoms with Crippen molar-refractivity contribution < 1.29 is 18.7 Å². The van der Waals surface area contributed by atoms with Gasteiger partial charge in [-0.3, -0.25) is 9.69 Å². The highest BCUT2D eigenvalue weighted by Crippen LogP contribution is 2.30. The van der Waals surface area contributed by atoms with Crippen LogP contribution in [0.1, 0.15) is 29.9 Å². The van der Waals surface area contributed by atoms with Crippen LogP contribution in [0.3, 0.4) is 0 Å². The Bertz CT molecular complexity index is 582. The summed E-state index contributed by atoms with van der Waals surface area (Å²) in [6, 6.07) is 0. The van der Waals surface area contributed by atoms with Gasteiger partial charge in [0, 0.05) is 58.5 Å². The predicted molar refractivity (Wildman–Crippen MR) is 79.3 cm³/mol. The van der Waals surface area contributed by atoms with E-state index in [1.807, 2.05) is 4.90 Å². The van der Waals surface area contributed by atoms with Crippen LogP contribution in [0.5, 0.6) is 0 Å². The topological polar surface area (TPSA) is 61.6 Å². The number of hydrogen-bond acceptors (Lipinski definition) is 4. The second-order valence-electron chi connectivity index (χ2n) is 6.69. The minimum atomic E-state index is -2.59. The summed E-state index contributed by atoms with van der Waals surface area (Å²) in [7, 11) is 1.75. The molecule has 1 aromatic heterocycles. The van der Waals surface area contributed by atoms with Crippen LogP contribution >= 0.6 is 0 Å². The van der Waals surface area contributed by atoms with E-state index in [0.29, 0.717) is 25.3 Å². The number of alkyl halides is 2. The molecule has 8 heteroatoms. The van der Waals surface area contributed by atoms with E-state index in [0.717, 1.165) is 0 Å². The van der Waals surface area contributed by atoms with Gasteiger partial charge in [0.2, 0.25) is 0 Å². The average molecular weight is 328 g/mol. The molecule has 0 spiro atoms. The van der Waals surface area contributed by atoms with Gasteiger partial charge in [0.25, 0.3) is 11.8 Å². The maximum atomic E-state index is 13.2. The summed E-state index contributed by atoms with van der Waals surface area (Å²) in [5, 5.41) is 10.7. The lowest BCUT2D eigenvalue weighted by Crippen LogP contribution is -2.49. The van der Waals surface area contributed by atoms with Crippen LogP contribution < -0.4 is 0 Å². The van der Waals surface area contributed by atoms with Crippen molar-refractivity contribution in [2.24, 2.45) is 7.05 Å². The van der Waals surface area contributed by atoms with E-state index in [1.165, 1.54) is 0 Å². The first-order chi connectivity index (χ1) is 10.8. The third-order valence-electron chi connectivity index (χ3n) is 4.74. The van der Waals surface area contributed by atoms with E-state index in [4.69, 9.17) is 0 Å². The number of carbonyl (C=O) groups is 1. The average Bonchev–Trinajstić information content (AvgIpc) is 3.07. The van der Waals surface area contributed by atoms with E-state index in [1.54, 1.807) is 28.9 Å². The number of rotatable bonds is 3. The highest BCUT2D eigenvalue weighted by Gasteiger charge is 2.42. The van der Waals surface area contributed by atoms with Gasteiger partial charge in [-0.05, 0) is 6.42 Å². The lowest BCUT2D eigenvalue weighted by atomic mass is 10.00. The Hall–Kier alpha value is -1.54. The normalized spacial score (nSPS) is 28.3. The number of carbonyl (C=O) groups excluding carboxylic acids is 1. The van der Waals surface area contributed by atoms with Gasteiger partial charge in [0.1, 0.15) is 0 Å². The largest absolute Gasteiger partial charge is 0.387 e. The maximum Gasteiger partial charge on any atom is 0.289 e. The minimum absolute atomic E-state index is 0.168. The summed E-state index contributed by atoms with van der Waals surface area (Å²) in [6.45, 7) is 1.55. The summed E-state index contributed by atoms with van der Waals surface area (Å²) in [5.41, 5.74) is -1.03. The molecule has 2 aliphatic heterocycles. The molecule has 2 aliphatic rings. The van der Waals surface area contributed by atoms with Crippen LogP contribution in [0, 0.1) is 0 Å². The van der Waals surface area contributed by atoms with Crippen LogP contribution in [0.4, 0.5) is 8.78 Å². The first-order valence-corrected chi connectivity index (χ1v) is 7.87. The second kappa shape index (κ2) is 5.83. The molecule has 23 heavy (non-hydrogen) atoms. The molecule has 6 nitrogen and oxygen atoms in total. The minimum Gasteiger partial charge on any atom is -0.387 e. The zero-order valence-electron chi connectivity index (χ0n) is 13.2. The lowest BCUT2D eigenvalue weighted by Gasteiger charge is -2.36. The first kappa shape index (κ1) is 16.3. The predicted octanol–water partition coefficient (Wildman–Crippen LogP) is 0.728. The number of aromatic nitrogens is 2. The number of imidazole rings is 1. The fourth-order valence-corrected chi connectivity index (χ4v) is 3.33. The fourth-order valence-electron chi connectivity index (χ4n) is 3.33. The molecular formula is C15H22F2N4O2. The summed E-state index contributed by atoms with van der Waals surface area (Å²) in [6.07, 6.45) is 3.38. The third-order valence-corrected chi connectivity index (χ3v) is 4.74. The monoisotopic (exact) mass is 328 g/mol. The molecule has 0 radical (unpaired) electrons. The summed E-state index contributed by atoms with van der Waals surface area (Å²) < 4.78 is 28.0. The van der Waals surface area contributed by atoms with Crippen molar-refractivity contribution in [3.8, 4) is 0 Å². The standard InChI is InChI=1S/C15H22F2N4O2/c1-19-9-5-18-12(19)13(22)21-8-2-14(23,11-21)10-20-6-3-15(16,17)4-7-20/h5,9,23H,2-4,6-8,10-11H2,1H3. The molecule has 1 N–H and O–H groups in total. The molecule has 1 atom stereocenters.